The highest BCUT2D eigenvalue weighted by Crippen LogP contribution is 2.39. The first-order chi connectivity index (χ1) is 15.6. The van der Waals surface area contributed by atoms with Gasteiger partial charge in [0.25, 0.3) is 0 Å². The van der Waals surface area contributed by atoms with Gasteiger partial charge in [-0.25, -0.2) is 4.98 Å². The molecule has 32 heavy (non-hydrogen) atoms. The number of fused-ring (bicyclic) bond motifs is 1. The summed E-state index contributed by atoms with van der Waals surface area (Å²) in [6.45, 7) is 4.12. The van der Waals surface area contributed by atoms with Crippen molar-refractivity contribution in [2.45, 2.75) is 26.2 Å². The first-order valence-corrected chi connectivity index (χ1v) is 11.5. The van der Waals surface area contributed by atoms with E-state index in [1.54, 1.807) is 18.2 Å². The molecule has 5 rings (SSSR count). The van der Waals surface area contributed by atoms with Crippen LogP contribution in [-0.2, 0) is 0 Å². The first kappa shape index (κ1) is 20.5. The zero-order valence-electron chi connectivity index (χ0n) is 17.7. The lowest BCUT2D eigenvalue weighted by Gasteiger charge is -2.29. The summed E-state index contributed by atoms with van der Waals surface area (Å²) in [5.41, 5.74) is 6.20. The van der Waals surface area contributed by atoms with Gasteiger partial charge in [-0.15, -0.1) is 0 Å². The normalized spacial score (nSPS) is 14.0. The molecule has 0 aliphatic carbocycles. The lowest BCUT2D eigenvalue weighted by Crippen LogP contribution is -2.29. The molecule has 0 bridgehead atoms. The second-order valence-electron chi connectivity index (χ2n) is 8.13. The third kappa shape index (κ3) is 3.51. The van der Waals surface area contributed by atoms with Gasteiger partial charge in [0.05, 0.1) is 21.1 Å². The number of phenolic OH excluding ortho intramolecular Hbond substituents is 1. The number of hydrogen-bond donors (Lipinski definition) is 2. The molecule has 0 unspecified atom stereocenters. The minimum atomic E-state index is 0.137. The van der Waals surface area contributed by atoms with Crippen molar-refractivity contribution in [2.24, 2.45) is 0 Å². The quantitative estimate of drug-likeness (QED) is 0.373. The second-order valence-corrected chi connectivity index (χ2v) is 8.98. The van der Waals surface area contributed by atoms with Crippen LogP contribution in [0.1, 0.15) is 30.5 Å². The van der Waals surface area contributed by atoms with E-state index in [0.717, 1.165) is 40.9 Å². The Morgan fingerprint density at radius 3 is 2.47 bits per heavy atom. The molecule has 160 valence electrons. The number of aromatic nitrogens is 3. The van der Waals surface area contributed by atoms with Crippen LogP contribution in [0.25, 0.3) is 33.4 Å². The summed E-state index contributed by atoms with van der Waals surface area (Å²) in [6.07, 6.45) is 3.75. The van der Waals surface area contributed by atoms with Crippen LogP contribution in [0.2, 0.25) is 0 Å². The zero-order valence-corrected chi connectivity index (χ0v) is 19.3. The molecule has 4 aromatic rings. The maximum absolute atomic E-state index is 10.2. The maximum atomic E-state index is 10.2. The Bertz CT molecular complexity index is 1350. The molecule has 0 amide bonds. The van der Waals surface area contributed by atoms with E-state index in [9.17, 15) is 10.4 Å². The molecule has 6 nitrogen and oxygen atoms in total. The van der Waals surface area contributed by atoms with E-state index in [4.69, 9.17) is 4.98 Å². The average Bonchev–Trinajstić information content (AvgIpc) is 3.20. The molecule has 1 aliphatic heterocycles. The molecule has 1 fully saturated rings. The Morgan fingerprint density at radius 2 is 1.78 bits per heavy atom. The number of aromatic amines is 1. The smallest absolute Gasteiger partial charge is 0.182 e. The molecule has 0 atom stereocenters. The van der Waals surface area contributed by atoms with Gasteiger partial charge in [-0.05, 0) is 78.0 Å². The number of nitrogens with one attached hydrogen (secondary N) is 1. The fourth-order valence-corrected chi connectivity index (χ4v) is 4.83. The fraction of sp³-hybridized carbons (Fsp3) is 0.240. The Kier molecular flexibility index (Phi) is 5.32. The summed E-state index contributed by atoms with van der Waals surface area (Å²) in [5, 5.41) is 28.4. The predicted octanol–water partition coefficient (Wildman–Crippen LogP) is 5.93. The largest absolute Gasteiger partial charge is 0.507 e. The number of H-pyrrole nitrogens is 1. The van der Waals surface area contributed by atoms with Gasteiger partial charge in [-0.1, -0.05) is 12.1 Å². The number of phenols is 1. The molecule has 1 aliphatic rings. The minimum Gasteiger partial charge on any atom is -0.507 e. The van der Waals surface area contributed by atoms with Gasteiger partial charge in [0.15, 0.2) is 5.65 Å². The van der Waals surface area contributed by atoms with Gasteiger partial charge in [0.2, 0.25) is 0 Å². The number of pyridine rings is 1. The SMILES string of the molecule is Cc1[nH]nc2nc(-c3ccc(O)c(Br)c3)c(C#N)c(-c3ccc(N4CCCCC4)cc3)c12. The van der Waals surface area contributed by atoms with E-state index in [-0.39, 0.29) is 5.75 Å². The number of anilines is 1. The van der Waals surface area contributed by atoms with Crippen LogP contribution >= 0.6 is 15.9 Å². The number of rotatable bonds is 3. The van der Waals surface area contributed by atoms with Crippen molar-refractivity contribution in [3.63, 3.8) is 0 Å². The molecule has 0 radical (unpaired) electrons. The monoisotopic (exact) mass is 487 g/mol. The van der Waals surface area contributed by atoms with Crippen LogP contribution in [0.15, 0.2) is 46.9 Å². The van der Waals surface area contributed by atoms with Crippen LogP contribution in [0.5, 0.6) is 5.75 Å². The zero-order chi connectivity index (χ0) is 22.2. The highest BCUT2D eigenvalue weighted by atomic mass is 79.9. The van der Waals surface area contributed by atoms with Gasteiger partial charge in [0, 0.05) is 35.6 Å². The first-order valence-electron chi connectivity index (χ1n) is 10.7. The number of piperidine rings is 1. The van der Waals surface area contributed by atoms with Gasteiger partial charge in [0.1, 0.15) is 11.8 Å². The van der Waals surface area contributed by atoms with Crippen molar-refractivity contribution in [3.05, 3.63) is 58.2 Å². The molecular formula is C25H22BrN5O. The second kappa shape index (κ2) is 8.29. The van der Waals surface area contributed by atoms with Gasteiger partial charge < -0.3 is 10.0 Å². The number of nitrogens with zero attached hydrogens (tertiary/aromatic N) is 4. The number of hydrogen-bond acceptors (Lipinski definition) is 5. The highest BCUT2D eigenvalue weighted by molar-refractivity contribution is 9.10. The van der Waals surface area contributed by atoms with Crippen molar-refractivity contribution in [1.82, 2.24) is 15.2 Å². The fourth-order valence-electron chi connectivity index (χ4n) is 4.45. The molecule has 7 heteroatoms. The van der Waals surface area contributed by atoms with E-state index in [2.05, 4.69) is 61.4 Å². The molecule has 2 N–H and O–H groups in total. The number of aromatic hydroxyl groups is 1. The van der Waals surface area contributed by atoms with Crippen molar-refractivity contribution in [1.29, 1.82) is 5.26 Å². The molecule has 0 spiro atoms. The van der Waals surface area contributed by atoms with Crippen LogP contribution < -0.4 is 4.90 Å². The van der Waals surface area contributed by atoms with Gasteiger partial charge >= 0.3 is 0 Å². The average molecular weight is 488 g/mol. The topological polar surface area (TPSA) is 88.8 Å². The Balaban J connectivity index is 1.70. The maximum Gasteiger partial charge on any atom is 0.182 e. The molecule has 2 aromatic heterocycles. The Morgan fingerprint density at radius 1 is 1.06 bits per heavy atom. The summed E-state index contributed by atoms with van der Waals surface area (Å²) in [5.74, 6) is 0.137. The van der Waals surface area contributed by atoms with Crippen molar-refractivity contribution in [3.8, 4) is 34.2 Å². The van der Waals surface area contributed by atoms with Crippen LogP contribution in [0.4, 0.5) is 5.69 Å². The van der Waals surface area contributed by atoms with Crippen molar-refractivity contribution >= 4 is 32.7 Å². The van der Waals surface area contributed by atoms with E-state index >= 15 is 0 Å². The minimum absolute atomic E-state index is 0.137. The van der Waals surface area contributed by atoms with Crippen LogP contribution in [-0.4, -0.2) is 33.4 Å². The summed E-state index contributed by atoms with van der Waals surface area (Å²) in [7, 11) is 0. The standard InChI is InChI=1S/C25H22BrN5O/c1-15-22-23(16-5-8-18(9-6-16)31-11-3-2-4-12-31)19(14-27)24(28-25(22)30-29-15)17-7-10-21(32)20(26)13-17/h5-10,13,32H,2-4,11-12H2,1H3,(H,28,29,30). The third-order valence-corrected chi connectivity index (χ3v) is 6.73. The Hall–Kier alpha value is -3.37. The lowest BCUT2D eigenvalue weighted by atomic mass is 9.93. The van der Waals surface area contributed by atoms with E-state index < -0.39 is 0 Å². The van der Waals surface area contributed by atoms with Gasteiger partial charge in [-0.2, -0.15) is 10.4 Å². The van der Waals surface area contributed by atoms with Crippen LogP contribution in [0.3, 0.4) is 0 Å². The lowest BCUT2D eigenvalue weighted by molar-refractivity contribution is 0.472. The molecule has 1 saturated heterocycles. The summed E-state index contributed by atoms with van der Waals surface area (Å²) in [4.78, 5) is 7.13. The van der Waals surface area contributed by atoms with E-state index in [1.807, 2.05) is 6.92 Å². The molecule has 2 aromatic carbocycles. The number of aryl methyl sites for hydroxylation is 1. The van der Waals surface area contributed by atoms with E-state index in [0.29, 0.717) is 21.4 Å². The number of nitriles is 1. The van der Waals surface area contributed by atoms with Crippen molar-refractivity contribution in [2.75, 3.05) is 18.0 Å². The van der Waals surface area contributed by atoms with E-state index in [1.165, 1.54) is 24.9 Å². The summed E-state index contributed by atoms with van der Waals surface area (Å²) in [6, 6.07) is 16.0. The summed E-state index contributed by atoms with van der Waals surface area (Å²) >= 11 is 3.37. The van der Waals surface area contributed by atoms with Crippen LogP contribution in [0, 0.1) is 18.3 Å². The number of halogens is 1. The van der Waals surface area contributed by atoms with Gasteiger partial charge in [-0.3, -0.25) is 5.10 Å². The molecular weight excluding hydrogens is 466 g/mol. The molecule has 3 heterocycles. The summed E-state index contributed by atoms with van der Waals surface area (Å²) < 4.78 is 0.548. The predicted molar refractivity (Wildman–Crippen MR) is 130 cm³/mol. The van der Waals surface area contributed by atoms with Crippen molar-refractivity contribution < 1.29 is 5.11 Å². The Labute approximate surface area is 194 Å². The molecule has 0 saturated carbocycles. The third-order valence-electron chi connectivity index (χ3n) is 6.09. The highest BCUT2D eigenvalue weighted by Gasteiger charge is 2.22. The number of benzene rings is 2.